The molecule has 0 unspecified atom stereocenters. The minimum atomic E-state index is -3.42. The lowest BCUT2D eigenvalue weighted by Gasteiger charge is -2.16. The van der Waals surface area contributed by atoms with E-state index < -0.39 is 27.8 Å². The SMILES string of the molecule is CC(C)C[C@@H](NC(=O)c1cccc(S(C)(=O)=O)c1)C(=O)O. The van der Waals surface area contributed by atoms with Crippen LogP contribution in [-0.2, 0) is 14.6 Å². The van der Waals surface area contributed by atoms with Crippen molar-refractivity contribution < 1.29 is 23.1 Å². The Bertz CT molecular complexity index is 637. The van der Waals surface area contributed by atoms with Gasteiger partial charge in [0.2, 0.25) is 0 Å². The molecule has 0 heterocycles. The Morgan fingerprint density at radius 1 is 1.29 bits per heavy atom. The standard InChI is InChI=1S/C14H19NO5S/c1-9(2)7-12(14(17)18)15-13(16)10-5-4-6-11(8-10)21(3,19)20/h4-6,8-9,12H,7H2,1-3H3,(H,15,16)(H,17,18)/t12-/m1/s1. The number of hydrogen-bond acceptors (Lipinski definition) is 4. The number of carbonyl (C=O) groups is 2. The summed E-state index contributed by atoms with van der Waals surface area (Å²) in [5.41, 5.74) is 0.118. The van der Waals surface area contributed by atoms with E-state index >= 15 is 0 Å². The average molecular weight is 313 g/mol. The predicted octanol–water partition coefficient (Wildman–Crippen LogP) is 1.32. The minimum absolute atomic E-state index is 0.0193. The van der Waals surface area contributed by atoms with Gasteiger partial charge in [-0.05, 0) is 30.5 Å². The molecule has 2 N–H and O–H groups in total. The molecule has 1 rings (SSSR count). The molecule has 0 radical (unpaired) electrons. The highest BCUT2D eigenvalue weighted by Gasteiger charge is 2.22. The monoisotopic (exact) mass is 313 g/mol. The van der Waals surface area contributed by atoms with Crippen molar-refractivity contribution in [3.63, 3.8) is 0 Å². The number of hydrogen-bond donors (Lipinski definition) is 2. The van der Waals surface area contributed by atoms with Gasteiger partial charge in [0.15, 0.2) is 9.84 Å². The Kier molecular flexibility index (Phi) is 5.48. The average Bonchev–Trinajstić information content (AvgIpc) is 2.36. The van der Waals surface area contributed by atoms with Crippen molar-refractivity contribution in [1.82, 2.24) is 5.32 Å². The number of nitrogens with one attached hydrogen (secondary N) is 1. The van der Waals surface area contributed by atoms with Gasteiger partial charge in [0.1, 0.15) is 6.04 Å². The van der Waals surface area contributed by atoms with Crippen LogP contribution in [0.3, 0.4) is 0 Å². The highest BCUT2D eigenvalue weighted by molar-refractivity contribution is 7.90. The molecule has 21 heavy (non-hydrogen) atoms. The summed E-state index contributed by atoms with van der Waals surface area (Å²) in [5, 5.41) is 11.5. The largest absolute Gasteiger partial charge is 0.480 e. The maximum atomic E-state index is 12.1. The molecule has 6 nitrogen and oxygen atoms in total. The van der Waals surface area contributed by atoms with E-state index in [0.29, 0.717) is 6.42 Å². The van der Waals surface area contributed by atoms with Crippen LogP contribution in [0.1, 0.15) is 30.6 Å². The second-order valence-electron chi connectivity index (χ2n) is 5.29. The summed E-state index contributed by atoms with van der Waals surface area (Å²) in [4.78, 5) is 23.2. The van der Waals surface area contributed by atoms with Gasteiger partial charge in [0, 0.05) is 11.8 Å². The fourth-order valence-corrected chi connectivity index (χ4v) is 2.47. The smallest absolute Gasteiger partial charge is 0.326 e. The zero-order valence-electron chi connectivity index (χ0n) is 12.2. The Labute approximate surface area is 124 Å². The lowest BCUT2D eigenvalue weighted by atomic mass is 10.0. The first-order valence-corrected chi connectivity index (χ1v) is 8.34. The van der Waals surface area contributed by atoms with Crippen molar-refractivity contribution in [3.8, 4) is 0 Å². The molecular formula is C14H19NO5S. The number of carboxylic acids is 1. The highest BCUT2D eigenvalue weighted by Crippen LogP contribution is 2.12. The van der Waals surface area contributed by atoms with E-state index in [1.165, 1.54) is 24.3 Å². The third-order valence-corrected chi connectivity index (χ3v) is 3.95. The van der Waals surface area contributed by atoms with Gasteiger partial charge in [0.05, 0.1) is 4.90 Å². The molecule has 116 valence electrons. The van der Waals surface area contributed by atoms with Gasteiger partial charge in [-0.25, -0.2) is 13.2 Å². The Hall–Kier alpha value is -1.89. The van der Waals surface area contributed by atoms with Crippen LogP contribution in [0.15, 0.2) is 29.2 Å². The molecule has 0 aliphatic carbocycles. The number of sulfone groups is 1. The molecule has 1 atom stereocenters. The second kappa shape index (κ2) is 6.71. The van der Waals surface area contributed by atoms with Crippen molar-refractivity contribution in [2.75, 3.05) is 6.26 Å². The summed E-state index contributed by atoms with van der Waals surface area (Å²) in [7, 11) is -3.42. The summed E-state index contributed by atoms with van der Waals surface area (Å²) in [5.74, 6) is -1.61. The Balaban J connectivity index is 2.96. The van der Waals surface area contributed by atoms with E-state index in [9.17, 15) is 18.0 Å². The molecule has 0 bridgehead atoms. The Morgan fingerprint density at radius 3 is 2.38 bits per heavy atom. The van der Waals surface area contributed by atoms with Crippen LogP contribution in [0.4, 0.5) is 0 Å². The van der Waals surface area contributed by atoms with Crippen LogP contribution in [-0.4, -0.2) is 37.7 Å². The fourth-order valence-electron chi connectivity index (χ4n) is 1.80. The molecule has 0 saturated heterocycles. The number of carboxylic acid groups (broad SMARTS) is 1. The number of rotatable bonds is 6. The maximum Gasteiger partial charge on any atom is 0.326 e. The summed E-state index contributed by atoms with van der Waals surface area (Å²) >= 11 is 0. The lowest BCUT2D eigenvalue weighted by molar-refractivity contribution is -0.139. The van der Waals surface area contributed by atoms with Crippen LogP contribution in [0.5, 0.6) is 0 Å². The molecule has 0 aliphatic heterocycles. The molecule has 1 aromatic rings. The normalized spacial score (nSPS) is 13.0. The van der Waals surface area contributed by atoms with Crippen molar-refractivity contribution in [2.45, 2.75) is 31.2 Å². The summed E-state index contributed by atoms with van der Waals surface area (Å²) in [6.45, 7) is 3.71. The van der Waals surface area contributed by atoms with Crippen molar-refractivity contribution >= 4 is 21.7 Å². The number of benzene rings is 1. The van der Waals surface area contributed by atoms with Gasteiger partial charge in [-0.3, -0.25) is 4.79 Å². The summed E-state index contributed by atoms with van der Waals surface area (Å²) in [6, 6.07) is 4.51. The first-order valence-electron chi connectivity index (χ1n) is 6.45. The first kappa shape index (κ1) is 17.2. The van der Waals surface area contributed by atoms with Gasteiger partial charge in [-0.15, -0.1) is 0 Å². The minimum Gasteiger partial charge on any atom is -0.480 e. The quantitative estimate of drug-likeness (QED) is 0.825. The van der Waals surface area contributed by atoms with Crippen molar-refractivity contribution in [3.05, 3.63) is 29.8 Å². The molecule has 1 aromatic carbocycles. The number of aliphatic carboxylic acids is 1. The molecule has 7 heteroatoms. The third-order valence-electron chi connectivity index (χ3n) is 2.83. The molecule has 1 amide bonds. The number of amides is 1. The van der Waals surface area contributed by atoms with Crippen LogP contribution in [0.2, 0.25) is 0 Å². The molecule has 0 fully saturated rings. The molecule has 0 saturated carbocycles. The molecule has 0 aliphatic rings. The van der Waals surface area contributed by atoms with Crippen LogP contribution >= 0.6 is 0 Å². The fraction of sp³-hybridized carbons (Fsp3) is 0.429. The zero-order valence-corrected chi connectivity index (χ0v) is 13.0. The topological polar surface area (TPSA) is 101 Å². The van der Waals surface area contributed by atoms with Gasteiger partial charge in [-0.1, -0.05) is 19.9 Å². The van der Waals surface area contributed by atoms with Crippen LogP contribution in [0.25, 0.3) is 0 Å². The van der Waals surface area contributed by atoms with Gasteiger partial charge in [-0.2, -0.15) is 0 Å². The second-order valence-corrected chi connectivity index (χ2v) is 7.31. The molecule has 0 spiro atoms. The number of carbonyl (C=O) groups excluding carboxylic acids is 1. The van der Waals surface area contributed by atoms with Crippen LogP contribution < -0.4 is 5.32 Å². The van der Waals surface area contributed by atoms with E-state index in [0.717, 1.165) is 6.26 Å². The van der Waals surface area contributed by atoms with E-state index in [1.54, 1.807) is 0 Å². The lowest BCUT2D eigenvalue weighted by Crippen LogP contribution is -2.41. The molecule has 0 aromatic heterocycles. The van der Waals surface area contributed by atoms with Crippen molar-refractivity contribution in [2.24, 2.45) is 5.92 Å². The van der Waals surface area contributed by atoms with E-state index in [-0.39, 0.29) is 16.4 Å². The predicted molar refractivity (Wildman–Crippen MR) is 77.9 cm³/mol. The summed E-state index contributed by atoms with van der Waals surface area (Å²) in [6.07, 6.45) is 1.34. The van der Waals surface area contributed by atoms with Crippen molar-refractivity contribution in [1.29, 1.82) is 0 Å². The van der Waals surface area contributed by atoms with E-state index in [2.05, 4.69) is 5.32 Å². The third kappa shape index (κ3) is 5.18. The summed E-state index contributed by atoms with van der Waals surface area (Å²) < 4.78 is 22.9. The zero-order chi connectivity index (χ0) is 16.2. The Morgan fingerprint density at radius 2 is 1.90 bits per heavy atom. The van der Waals surface area contributed by atoms with E-state index in [4.69, 9.17) is 5.11 Å². The highest BCUT2D eigenvalue weighted by atomic mass is 32.2. The van der Waals surface area contributed by atoms with Gasteiger partial charge >= 0.3 is 5.97 Å². The first-order chi connectivity index (χ1) is 9.61. The van der Waals surface area contributed by atoms with Gasteiger partial charge in [0.25, 0.3) is 5.91 Å². The van der Waals surface area contributed by atoms with Gasteiger partial charge < -0.3 is 10.4 Å². The molecular weight excluding hydrogens is 294 g/mol. The van der Waals surface area contributed by atoms with E-state index in [1.807, 2.05) is 13.8 Å². The van der Waals surface area contributed by atoms with Crippen LogP contribution in [0, 0.1) is 5.92 Å². The maximum absolute atomic E-state index is 12.1.